The van der Waals surface area contributed by atoms with Crippen molar-refractivity contribution < 1.29 is 20.1 Å². The summed E-state index contributed by atoms with van der Waals surface area (Å²) >= 11 is 0. The maximum absolute atomic E-state index is 10.1. The SMILES string of the molecule is CCCCCCCCCCC=CC(=O)O.CCCCN(CCO)CCO. The first kappa shape index (κ1) is 27.3. The summed E-state index contributed by atoms with van der Waals surface area (Å²) in [6, 6.07) is 0. The highest BCUT2D eigenvalue weighted by Crippen LogP contribution is 2.09. The third-order valence-corrected chi connectivity index (χ3v) is 4.15. The fraction of sp³-hybridized carbons (Fsp3) is 0.857. The monoisotopic (exact) mass is 373 g/mol. The van der Waals surface area contributed by atoms with Crippen molar-refractivity contribution in [2.45, 2.75) is 84.5 Å². The minimum Gasteiger partial charge on any atom is -0.478 e. The van der Waals surface area contributed by atoms with E-state index >= 15 is 0 Å². The molecule has 0 spiro atoms. The minimum absolute atomic E-state index is 0.184. The molecule has 0 heterocycles. The van der Waals surface area contributed by atoms with Gasteiger partial charge in [0.05, 0.1) is 13.2 Å². The molecule has 0 unspecified atom stereocenters. The summed E-state index contributed by atoms with van der Waals surface area (Å²) < 4.78 is 0. The Hall–Kier alpha value is -0.910. The van der Waals surface area contributed by atoms with E-state index in [-0.39, 0.29) is 13.2 Å². The van der Waals surface area contributed by atoms with Crippen LogP contribution < -0.4 is 0 Å². The van der Waals surface area contributed by atoms with Gasteiger partial charge in [-0.25, -0.2) is 4.79 Å². The van der Waals surface area contributed by atoms with Gasteiger partial charge in [0.25, 0.3) is 0 Å². The van der Waals surface area contributed by atoms with Crippen molar-refractivity contribution in [3.8, 4) is 0 Å². The second-order valence-electron chi connectivity index (χ2n) is 6.65. The number of hydrogen-bond acceptors (Lipinski definition) is 4. The van der Waals surface area contributed by atoms with Crippen LogP contribution in [0.2, 0.25) is 0 Å². The number of aliphatic hydroxyl groups excluding tert-OH is 2. The molecule has 26 heavy (non-hydrogen) atoms. The number of unbranched alkanes of at least 4 members (excludes halogenated alkanes) is 9. The Kier molecular flexibility index (Phi) is 25.3. The average Bonchev–Trinajstić information content (AvgIpc) is 2.62. The van der Waals surface area contributed by atoms with Gasteiger partial charge >= 0.3 is 5.97 Å². The number of nitrogens with zero attached hydrogens (tertiary/aromatic N) is 1. The summed E-state index contributed by atoms with van der Waals surface area (Å²) in [4.78, 5) is 12.2. The van der Waals surface area contributed by atoms with Crippen LogP contribution in [0.5, 0.6) is 0 Å². The summed E-state index contributed by atoms with van der Waals surface area (Å²) in [7, 11) is 0. The number of aliphatic hydroxyl groups is 2. The molecule has 0 aromatic heterocycles. The molecule has 5 heteroatoms. The molecule has 5 nitrogen and oxygen atoms in total. The molecule has 0 aromatic rings. The molecule has 0 saturated heterocycles. The lowest BCUT2D eigenvalue weighted by molar-refractivity contribution is -0.131. The van der Waals surface area contributed by atoms with Gasteiger partial charge in [-0.15, -0.1) is 0 Å². The Morgan fingerprint density at radius 3 is 1.73 bits per heavy atom. The first-order valence-electron chi connectivity index (χ1n) is 10.5. The normalized spacial score (nSPS) is 11.0. The van der Waals surface area contributed by atoms with Crippen molar-refractivity contribution in [1.82, 2.24) is 4.90 Å². The highest BCUT2D eigenvalue weighted by molar-refractivity contribution is 5.79. The molecule has 0 fully saturated rings. The van der Waals surface area contributed by atoms with Crippen molar-refractivity contribution in [2.24, 2.45) is 0 Å². The fourth-order valence-corrected chi connectivity index (χ4v) is 2.58. The predicted octanol–water partition coefficient (Wildman–Crippen LogP) is 4.23. The van der Waals surface area contributed by atoms with Crippen molar-refractivity contribution in [1.29, 1.82) is 0 Å². The maximum atomic E-state index is 10.1. The molecule has 0 radical (unpaired) electrons. The zero-order valence-corrected chi connectivity index (χ0v) is 17.2. The van der Waals surface area contributed by atoms with E-state index in [1.165, 1.54) is 51.0 Å². The van der Waals surface area contributed by atoms with Gasteiger partial charge in [0.2, 0.25) is 0 Å². The molecule has 156 valence electrons. The number of carbonyl (C=O) groups is 1. The highest BCUT2D eigenvalue weighted by atomic mass is 16.4. The summed E-state index contributed by atoms with van der Waals surface area (Å²) in [5, 5.41) is 25.6. The van der Waals surface area contributed by atoms with Crippen LogP contribution in [0.3, 0.4) is 0 Å². The van der Waals surface area contributed by atoms with Crippen molar-refractivity contribution >= 4 is 5.97 Å². The first-order valence-corrected chi connectivity index (χ1v) is 10.5. The van der Waals surface area contributed by atoms with E-state index in [1.807, 2.05) is 0 Å². The molecule has 0 aliphatic heterocycles. The summed E-state index contributed by atoms with van der Waals surface area (Å²) in [5.74, 6) is -0.838. The Morgan fingerprint density at radius 1 is 0.769 bits per heavy atom. The Morgan fingerprint density at radius 2 is 1.27 bits per heavy atom. The third kappa shape index (κ3) is 25.3. The van der Waals surface area contributed by atoms with Gasteiger partial charge < -0.3 is 15.3 Å². The molecule has 3 N–H and O–H groups in total. The number of carboxylic acid groups (broad SMARTS) is 1. The minimum atomic E-state index is -0.838. The number of hydrogen-bond donors (Lipinski definition) is 3. The largest absolute Gasteiger partial charge is 0.478 e. The van der Waals surface area contributed by atoms with Gasteiger partial charge in [0.15, 0.2) is 0 Å². The highest BCUT2D eigenvalue weighted by Gasteiger charge is 2.00. The second-order valence-corrected chi connectivity index (χ2v) is 6.65. The zero-order chi connectivity index (χ0) is 19.9. The topological polar surface area (TPSA) is 81.0 Å². The van der Waals surface area contributed by atoms with E-state index in [9.17, 15) is 4.79 Å². The summed E-state index contributed by atoms with van der Waals surface area (Å²) in [5.41, 5.74) is 0. The molecule has 0 aliphatic rings. The fourth-order valence-electron chi connectivity index (χ4n) is 2.58. The molecular weight excluding hydrogens is 330 g/mol. The quantitative estimate of drug-likeness (QED) is 0.262. The van der Waals surface area contributed by atoms with Gasteiger partial charge in [-0.1, -0.05) is 71.3 Å². The van der Waals surface area contributed by atoms with Crippen molar-refractivity contribution in [2.75, 3.05) is 32.8 Å². The lowest BCUT2D eigenvalue weighted by Gasteiger charge is -2.19. The molecule has 0 atom stereocenters. The van der Waals surface area contributed by atoms with Gasteiger partial charge in [0, 0.05) is 19.2 Å². The molecule has 0 aromatic carbocycles. The molecule has 0 rings (SSSR count). The van der Waals surface area contributed by atoms with Crippen LogP contribution in [0.15, 0.2) is 12.2 Å². The van der Waals surface area contributed by atoms with E-state index in [0.29, 0.717) is 13.1 Å². The number of aliphatic carboxylic acids is 1. The molecule has 0 aliphatic carbocycles. The lowest BCUT2D eigenvalue weighted by Crippen LogP contribution is -2.30. The lowest BCUT2D eigenvalue weighted by atomic mass is 10.1. The van der Waals surface area contributed by atoms with Crippen LogP contribution in [-0.2, 0) is 4.79 Å². The van der Waals surface area contributed by atoms with Crippen LogP contribution in [0.1, 0.15) is 84.5 Å². The summed E-state index contributed by atoms with van der Waals surface area (Å²) in [6.45, 7) is 7.08. The van der Waals surface area contributed by atoms with Crippen molar-refractivity contribution in [3.05, 3.63) is 12.2 Å². The van der Waals surface area contributed by atoms with Gasteiger partial charge in [0.1, 0.15) is 0 Å². The smallest absolute Gasteiger partial charge is 0.327 e. The van der Waals surface area contributed by atoms with E-state index < -0.39 is 5.97 Å². The first-order chi connectivity index (χ1) is 12.6. The standard InChI is InChI=1S/C13H24O2.C8H19NO2/c1-2-3-4-5-6-7-8-9-10-11-12-13(14)15;1-2-3-4-9(5-7-10)6-8-11/h11-12H,2-10H2,1H3,(H,14,15);10-11H,2-8H2,1H3. The van der Waals surface area contributed by atoms with Gasteiger partial charge in [-0.05, 0) is 25.8 Å². The molecule has 0 amide bonds. The van der Waals surface area contributed by atoms with E-state index in [4.69, 9.17) is 15.3 Å². The van der Waals surface area contributed by atoms with Crippen LogP contribution in [0.25, 0.3) is 0 Å². The van der Waals surface area contributed by atoms with Crippen LogP contribution in [0, 0.1) is 0 Å². The number of carboxylic acids is 1. The third-order valence-electron chi connectivity index (χ3n) is 4.15. The van der Waals surface area contributed by atoms with Gasteiger partial charge in [-0.2, -0.15) is 0 Å². The zero-order valence-electron chi connectivity index (χ0n) is 17.2. The van der Waals surface area contributed by atoms with E-state index in [0.717, 1.165) is 32.2 Å². The Bertz CT molecular complexity index is 302. The number of rotatable bonds is 17. The van der Waals surface area contributed by atoms with Crippen LogP contribution in [0.4, 0.5) is 0 Å². The molecule has 0 bridgehead atoms. The van der Waals surface area contributed by atoms with E-state index in [2.05, 4.69) is 18.7 Å². The van der Waals surface area contributed by atoms with Gasteiger partial charge in [-0.3, -0.25) is 4.90 Å². The predicted molar refractivity (Wildman–Crippen MR) is 110 cm³/mol. The van der Waals surface area contributed by atoms with E-state index in [1.54, 1.807) is 6.08 Å². The Labute approximate surface area is 161 Å². The summed E-state index contributed by atoms with van der Waals surface area (Å²) in [6.07, 6.45) is 16.6. The Balaban J connectivity index is 0. The molecule has 0 saturated carbocycles. The second kappa shape index (κ2) is 24.1. The average molecular weight is 374 g/mol. The number of allylic oxidation sites excluding steroid dienone is 1. The molecular formula is C21H43NO4. The van der Waals surface area contributed by atoms with Crippen LogP contribution in [-0.4, -0.2) is 59.0 Å². The van der Waals surface area contributed by atoms with Crippen LogP contribution >= 0.6 is 0 Å². The maximum Gasteiger partial charge on any atom is 0.327 e. The van der Waals surface area contributed by atoms with Crippen molar-refractivity contribution in [3.63, 3.8) is 0 Å².